The first-order valence-corrected chi connectivity index (χ1v) is 7.27. The summed E-state index contributed by atoms with van der Waals surface area (Å²) in [5, 5.41) is 22.6. The van der Waals surface area contributed by atoms with Gasteiger partial charge in [-0.1, -0.05) is 33.8 Å². The van der Waals surface area contributed by atoms with Crippen molar-refractivity contribution >= 4 is 0 Å². The zero-order valence-corrected chi connectivity index (χ0v) is 13.6. The molecular weight excluding hydrogens is 264 g/mol. The van der Waals surface area contributed by atoms with E-state index in [0.717, 1.165) is 5.56 Å². The Labute approximate surface area is 127 Å². The number of hydrogen-bond acceptors (Lipinski definition) is 4. The van der Waals surface area contributed by atoms with Crippen molar-refractivity contribution in [2.75, 3.05) is 13.7 Å². The summed E-state index contributed by atoms with van der Waals surface area (Å²) in [5.41, 5.74) is 1.37. The molecule has 0 aromatic heterocycles. The van der Waals surface area contributed by atoms with Gasteiger partial charge in [-0.25, -0.2) is 0 Å². The minimum atomic E-state index is -0.351. The van der Waals surface area contributed by atoms with E-state index in [2.05, 4.69) is 25.2 Å². The number of nitriles is 1. The Morgan fingerprint density at radius 2 is 2.05 bits per heavy atom. The Kier molecular flexibility index (Phi) is 6.19. The predicted molar refractivity (Wildman–Crippen MR) is 84.0 cm³/mol. The zero-order valence-electron chi connectivity index (χ0n) is 13.6. The van der Waals surface area contributed by atoms with Gasteiger partial charge in [0.25, 0.3) is 0 Å². The predicted octanol–water partition coefficient (Wildman–Crippen LogP) is 2.70. The summed E-state index contributed by atoms with van der Waals surface area (Å²) in [6, 6.07) is 7.72. The average Bonchev–Trinajstić information content (AvgIpc) is 2.45. The van der Waals surface area contributed by atoms with Crippen LogP contribution in [0.2, 0.25) is 0 Å². The Morgan fingerprint density at radius 1 is 1.38 bits per heavy atom. The molecule has 1 aromatic rings. The van der Waals surface area contributed by atoms with Crippen molar-refractivity contribution in [3.63, 3.8) is 0 Å². The number of aliphatic hydroxyl groups is 1. The molecule has 0 bridgehead atoms. The molecular formula is C17H26N2O2. The zero-order chi connectivity index (χ0) is 16.0. The Balaban J connectivity index is 2.63. The lowest BCUT2D eigenvalue weighted by Crippen LogP contribution is -2.41. The molecule has 0 spiro atoms. The lowest BCUT2D eigenvalue weighted by molar-refractivity contribution is 0.0134. The van der Waals surface area contributed by atoms with Crippen LogP contribution in [-0.4, -0.2) is 24.9 Å². The number of aliphatic hydroxyl groups excluding tert-OH is 1. The first kappa shape index (κ1) is 17.5. The second-order valence-electron chi connectivity index (χ2n) is 6.43. The molecule has 1 atom stereocenters. The summed E-state index contributed by atoms with van der Waals surface area (Å²) >= 11 is 0. The molecule has 0 heterocycles. The Bertz CT molecular complexity index is 504. The first-order chi connectivity index (χ1) is 9.81. The van der Waals surface area contributed by atoms with Gasteiger partial charge in [0.05, 0.1) is 18.8 Å². The number of nitrogens with zero attached hydrogens (tertiary/aromatic N) is 1. The van der Waals surface area contributed by atoms with E-state index in [0.29, 0.717) is 24.4 Å². The van der Waals surface area contributed by atoms with Gasteiger partial charge in [0, 0.05) is 18.5 Å². The Morgan fingerprint density at radius 3 is 2.57 bits per heavy atom. The molecule has 0 aliphatic carbocycles. The lowest BCUT2D eigenvalue weighted by atomic mass is 9.80. The molecule has 1 aromatic carbocycles. The molecule has 4 nitrogen and oxygen atoms in total. The second kappa shape index (κ2) is 7.44. The smallest absolute Gasteiger partial charge is 0.136 e. The number of benzene rings is 1. The summed E-state index contributed by atoms with van der Waals surface area (Å²) in [4.78, 5) is 0. The van der Waals surface area contributed by atoms with Crippen LogP contribution in [-0.2, 0) is 6.54 Å². The van der Waals surface area contributed by atoms with Gasteiger partial charge in [-0.3, -0.25) is 0 Å². The third-order valence-electron chi connectivity index (χ3n) is 3.73. The van der Waals surface area contributed by atoms with E-state index in [1.165, 1.54) is 0 Å². The van der Waals surface area contributed by atoms with E-state index in [-0.39, 0.29) is 17.4 Å². The summed E-state index contributed by atoms with van der Waals surface area (Å²) in [7, 11) is 1.56. The van der Waals surface area contributed by atoms with E-state index in [9.17, 15) is 5.11 Å². The molecule has 0 saturated heterocycles. The molecule has 21 heavy (non-hydrogen) atoms. The molecule has 0 aliphatic heterocycles. The fraction of sp³-hybridized carbons (Fsp3) is 0.588. The summed E-state index contributed by atoms with van der Waals surface area (Å²) in [5.74, 6) is 0.824. The van der Waals surface area contributed by atoms with Crippen molar-refractivity contribution in [3.05, 3.63) is 29.3 Å². The van der Waals surface area contributed by atoms with Gasteiger partial charge in [0.1, 0.15) is 11.8 Å². The number of ether oxygens (including phenoxy) is 1. The Hall–Kier alpha value is -1.57. The van der Waals surface area contributed by atoms with Gasteiger partial charge < -0.3 is 15.2 Å². The molecule has 0 amide bonds. The number of hydrogen-bond donors (Lipinski definition) is 2. The highest BCUT2D eigenvalue weighted by molar-refractivity contribution is 5.45. The highest BCUT2D eigenvalue weighted by atomic mass is 16.5. The van der Waals surface area contributed by atoms with Crippen molar-refractivity contribution in [1.29, 1.82) is 5.26 Å². The van der Waals surface area contributed by atoms with E-state index in [1.54, 1.807) is 7.11 Å². The van der Waals surface area contributed by atoms with Crippen LogP contribution in [0.4, 0.5) is 0 Å². The highest BCUT2D eigenvalue weighted by Crippen LogP contribution is 2.25. The third kappa shape index (κ3) is 4.73. The molecule has 0 aliphatic rings. The molecule has 1 unspecified atom stereocenters. The monoisotopic (exact) mass is 290 g/mol. The normalized spacial score (nSPS) is 13.0. The standard InChI is InChI=1S/C17H26N2O2/c1-12(2)16(20)17(3,4)11-19-10-13-6-7-15(21-5)14(8-13)9-18/h6-8,12,16,19-20H,10-11H2,1-5H3. The van der Waals surface area contributed by atoms with Crippen molar-refractivity contribution in [1.82, 2.24) is 5.32 Å². The molecule has 2 N–H and O–H groups in total. The summed E-state index contributed by atoms with van der Waals surface area (Å²) in [6.45, 7) is 9.52. The maximum Gasteiger partial charge on any atom is 0.136 e. The molecule has 116 valence electrons. The second-order valence-corrected chi connectivity index (χ2v) is 6.43. The van der Waals surface area contributed by atoms with Crippen LogP contribution in [0, 0.1) is 22.7 Å². The van der Waals surface area contributed by atoms with Crippen LogP contribution in [0.3, 0.4) is 0 Å². The fourth-order valence-corrected chi connectivity index (χ4v) is 2.49. The highest BCUT2D eigenvalue weighted by Gasteiger charge is 2.29. The SMILES string of the molecule is COc1ccc(CNCC(C)(C)C(O)C(C)C)cc1C#N. The van der Waals surface area contributed by atoms with Gasteiger partial charge in [-0.05, 0) is 23.6 Å². The van der Waals surface area contributed by atoms with Gasteiger partial charge in [0.2, 0.25) is 0 Å². The average molecular weight is 290 g/mol. The van der Waals surface area contributed by atoms with E-state index >= 15 is 0 Å². The number of nitrogens with one attached hydrogen (secondary N) is 1. The molecule has 0 saturated carbocycles. The van der Waals surface area contributed by atoms with E-state index in [1.807, 2.05) is 32.0 Å². The number of methoxy groups -OCH3 is 1. The first-order valence-electron chi connectivity index (χ1n) is 7.27. The summed E-state index contributed by atoms with van der Waals surface area (Å²) < 4.78 is 5.13. The van der Waals surface area contributed by atoms with Gasteiger partial charge in [-0.15, -0.1) is 0 Å². The topological polar surface area (TPSA) is 65.3 Å². The van der Waals surface area contributed by atoms with Gasteiger partial charge in [-0.2, -0.15) is 5.26 Å². The quantitative estimate of drug-likeness (QED) is 0.810. The third-order valence-corrected chi connectivity index (χ3v) is 3.73. The number of rotatable bonds is 7. The van der Waals surface area contributed by atoms with Crippen LogP contribution in [0.15, 0.2) is 18.2 Å². The maximum atomic E-state index is 10.2. The minimum absolute atomic E-state index is 0.196. The maximum absolute atomic E-state index is 10.2. The van der Waals surface area contributed by atoms with Crippen molar-refractivity contribution < 1.29 is 9.84 Å². The van der Waals surface area contributed by atoms with E-state index in [4.69, 9.17) is 10.00 Å². The van der Waals surface area contributed by atoms with Crippen LogP contribution in [0.1, 0.15) is 38.8 Å². The van der Waals surface area contributed by atoms with Crippen LogP contribution >= 0.6 is 0 Å². The van der Waals surface area contributed by atoms with Crippen LogP contribution in [0.25, 0.3) is 0 Å². The lowest BCUT2D eigenvalue weighted by Gasteiger charge is -2.33. The van der Waals surface area contributed by atoms with Gasteiger partial charge in [0.15, 0.2) is 0 Å². The van der Waals surface area contributed by atoms with Crippen molar-refractivity contribution in [2.45, 2.75) is 40.3 Å². The van der Waals surface area contributed by atoms with Crippen molar-refractivity contribution in [2.24, 2.45) is 11.3 Å². The minimum Gasteiger partial charge on any atom is -0.495 e. The fourth-order valence-electron chi connectivity index (χ4n) is 2.49. The molecule has 0 radical (unpaired) electrons. The summed E-state index contributed by atoms with van der Waals surface area (Å²) in [6.07, 6.45) is -0.351. The van der Waals surface area contributed by atoms with Gasteiger partial charge >= 0.3 is 0 Å². The molecule has 4 heteroatoms. The van der Waals surface area contributed by atoms with E-state index < -0.39 is 0 Å². The molecule has 1 rings (SSSR count). The van der Waals surface area contributed by atoms with Crippen LogP contribution < -0.4 is 10.1 Å². The largest absolute Gasteiger partial charge is 0.495 e. The van der Waals surface area contributed by atoms with Crippen molar-refractivity contribution in [3.8, 4) is 11.8 Å². The molecule has 0 fully saturated rings. The van der Waals surface area contributed by atoms with Crippen LogP contribution in [0.5, 0.6) is 5.75 Å².